The molecule has 2 saturated heterocycles. The van der Waals surface area contributed by atoms with E-state index in [4.69, 9.17) is 10.1 Å². The lowest BCUT2D eigenvalue weighted by atomic mass is 10.0. The van der Waals surface area contributed by atoms with Crippen molar-refractivity contribution in [1.82, 2.24) is 9.80 Å². The van der Waals surface area contributed by atoms with Crippen LogP contribution in [0.3, 0.4) is 0 Å². The van der Waals surface area contributed by atoms with Gasteiger partial charge in [0.15, 0.2) is 0 Å². The van der Waals surface area contributed by atoms with Crippen LogP contribution in [0, 0.1) is 5.41 Å². The van der Waals surface area contributed by atoms with Crippen LogP contribution in [0.4, 0.5) is 0 Å². The van der Waals surface area contributed by atoms with Gasteiger partial charge in [-0.2, -0.15) is 0 Å². The second kappa shape index (κ2) is 9.52. The van der Waals surface area contributed by atoms with Crippen LogP contribution in [0.2, 0.25) is 0 Å². The smallest absolute Gasteiger partial charge is 0.119 e. The SMILES string of the molecule is CC1CCCN1CCCOc1ccc(C(=N)C(C)N2CCCCC2)cc1. The van der Waals surface area contributed by atoms with Gasteiger partial charge in [0, 0.05) is 18.6 Å². The number of benzene rings is 1. The fourth-order valence-electron chi connectivity index (χ4n) is 4.24. The van der Waals surface area contributed by atoms with E-state index >= 15 is 0 Å². The lowest BCUT2D eigenvalue weighted by Gasteiger charge is -2.32. The molecule has 2 aliphatic rings. The van der Waals surface area contributed by atoms with Crippen LogP contribution in [0.15, 0.2) is 24.3 Å². The summed E-state index contributed by atoms with van der Waals surface area (Å²) >= 11 is 0. The first-order valence-corrected chi connectivity index (χ1v) is 10.4. The molecule has 26 heavy (non-hydrogen) atoms. The molecule has 2 fully saturated rings. The van der Waals surface area contributed by atoms with Crippen LogP contribution in [-0.4, -0.2) is 60.4 Å². The summed E-state index contributed by atoms with van der Waals surface area (Å²) < 4.78 is 5.91. The molecule has 0 aromatic heterocycles. The molecule has 2 atom stereocenters. The maximum atomic E-state index is 8.54. The zero-order valence-corrected chi connectivity index (χ0v) is 16.5. The Morgan fingerprint density at radius 2 is 1.85 bits per heavy atom. The van der Waals surface area contributed by atoms with E-state index < -0.39 is 0 Å². The van der Waals surface area contributed by atoms with Crippen molar-refractivity contribution in [1.29, 1.82) is 5.41 Å². The fourth-order valence-corrected chi connectivity index (χ4v) is 4.24. The van der Waals surface area contributed by atoms with Crippen molar-refractivity contribution >= 4 is 5.71 Å². The molecule has 2 heterocycles. The van der Waals surface area contributed by atoms with Gasteiger partial charge >= 0.3 is 0 Å². The molecule has 0 spiro atoms. The number of nitrogens with one attached hydrogen (secondary N) is 1. The molecule has 1 N–H and O–H groups in total. The van der Waals surface area contributed by atoms with E-state index in [1.165, 1.54) is 38.6 Å². The summed E-state index contributed by atoms with van der Waals surface area (Å²) in [6.07, 6.45) is 7.61. The molecule has 4 nitrogen and oxygen atoms in total. The van der Waals surface area contributed by atoms with Crippen molar-refractivity contribution < 1.29 is 4.74 Å². The maximum Gasteiger partial charge on any atom is 0.119 e. The van der Waals surface area contributed by atoms with Crippen LogP contribution in [0.1, 0.15) is 57.9 Å². The first-order valence-electron chi connectivity index (χ1n) is 10.4. The molecule has 0 bridgehead atoms. The Morgan fingerprint density at radius 1 is 1.12 bits per heavy atom. The van der Waals surface area contributed by atoms with Crippen LogP contribution in [-0.2, 0) is 0 Å². The lowest BCUT2D eigenvalue weighted by Crippen LogP contribution is -2.42. The van der Waals surface area contributed by atoms with Gasteiger partial charge in [0.05, 0.1) is 12.3 Å². The van der Waals surface area contributed by atoms with Crippen molar-refractivity contribution in [3.05, 3.63) is 29.8 Å². The molecule has 1 aromatic carbocycles. The minimum Gasteiger partial charge on any atom is -0.494 e. The van der Waals surface area contributed by atoms with E-state index in [1.807, 2.05) is 24.3 Å². The molecule has 1 aromatic rings. The van der Waals surface area contributed by atoms with Gasteiger partial charge in [-0.25, -0.2) is 0 Å². The van der Waals surface area contributed by atoms with Gasteiger partial charge in [-0.15, -0.1) is 0 Å². The van der Waals surface area contributed by atoms with Gasteiger partial charge in [0.2, 0.25) is 0 Å². The molecule has 2 unspecified atom stereocenters. The van der Waals surface area contributed by atoms with Crippen molar-refractivity contribution in [2.75, 3.05) is 32.8 Å². The maximum absolute atomic E-state index is 8.54. The van der Waals surface area contributed by atoms with E-state index in [-0.39, 0.29) is 6.04 Å². The zero-order valence-electron chi connectivity index (χ0n) is 16.5. The zero-order chi connectivity index (χ0) is 18.4. The lowest BCUT2D eigenvalue weighted by molar-refractivity contribution is 0.211. The number of ether oxygens (including phenoxy) is 1. The van der Waals surface area contributed by atoms with E-state index in [0.717, 1.165) is 55.7 Å². The van der Waals surface area contributed by atoms with E-state index in [2.05, 4.69) is 23.6 Å². The van der Waals surface area contributed by atoms with Gasteiger partial charge in [-0.05, 0) is 95.4 Å². The molecule has 3 rings (SSSR count). The summed E-state index contributed by atoms with van der Waals surface area (Å²) in [6.45, 7) is 9.89. The Kier molecular flexibility index (Phi) is 7.09. The Bertz CT molecular complexity index is 565. The summed E-state index contributed by atoms with van der Waals surface area (Å²) in [5.41, 5.74) is 1.74. The van der Waals surface area contributed by atoms with Crippen molar-refractivity contribution in [3.8, 4) is 5.75 Å². The third-order valence-corrected chi connectivity index (χ3v) is 6.07. The minimum atomic E-state index is 0.199. The van der Waals surface area contributed by atoms with E-state index in [1.54, 1.807) is 0 Å². The summed E-state index contributed by atoms with van der Waals surface area (Å²) in [5, 5.41) is 8.54. The predicted octanol–water partition coefficient (Wildman–Crippen LogP) is 4.18. The third kappa shape index (κ3) is 5.08. The number of likely N-dealkylation sites (tertiary alicyclic amines) is 2. The van der Waals surface area contributed by atoms with Crippen LogP contribution in [0.5, 0.6) is 5.75 Å². The molecule has 2 aliphatic heterocycles. The number of hydrogen-bond donors (Lipinski definition) is 1. The Balaban J connectivity index is 1.43. The topological polar surface area (TPSA) is 39.6 Å². The normalized spacial score (nSPS) is 23.1. The molecular formula is C22H35N3O. The molecule has 0 radical (unpaired) electrons. The van der Waals surface area contributed by atoms with Crippen LogP contribution in [0.25, 0.3) is 0 Å². The Hall–Kier alpha value is -1.39. The van der Waals surface area contributed by atoms with Gasteiger partial charge in [-0.3, -0.25) is 4.90 Å². The third-order valence-electron chi connectivity index (χ3n) is 6.07. The summed E-state index contributed by atoms with van der Waals surface area (Å²) in [4.78, 5) is 5.01. The minimum absolute atomic E-state index is 0.199. The highest BCUT2D eigenvalue weighted by Crippen LogP contribution is 2.19. The van der Waals surface area contributed by atoms with Crippen molar-refractivity contribution in [3.63, 3.8) is 0 Å². The van der Waals surface area contributed by atoms with Gasteiger partial charge < -0.3 is 15.0 Å². The largest absolute Gasteiger partial charge is 0.494 e. The highest BCUT2D eigenvalue weighted by Gasteiger charge is 2.21. The number of hydrogen-bond acceptors (Lipinski definition) is 4. The number of rotatable bonds is 8. The highest BCUT2D eigenvalue weighted by molar-refractivity contribution is 6.01. The summed E-state index contributed by atoms with van der Waals surface area (Å²) in [7, 11) is 0. The Morgan fingerprint density at radius 3 is 2.50 bits per heavy atom. The van der Waals surface area contributed by atoms with E-state index in [0.29, 0.717) is 0 Å². The average Bonchev–Trinajstić information content (AvgIpc) is 3.10. The first-order chi connectivity index (χ1) is 12.6. The summed E-state index contributed by atoms with van der Waals surface area (Å²) in [5.74, 6) is 0.918. The molecule has 0 aliphatic carbocycles. The predicted molar refractivity (Wildman–Crippen MR) is 109 cm³/mol. The quantitative estimate of drug-likeness (QED) is 0.560. The molecule has 4 heteroatoms. The number of piperidine rings is 1. The van der Waals surface area contributed by atoms with Crippen LogP contribution < -0.4 is 4.74 Å². The molecular weight excluding hydrogens is 322 g/mol. The van der Waals surface area contributed by atoms with E-state index in [9.17, 15) is 0 Å². The summed E-state index contributed by atoms with van der Waals surface area (Å²) in [6, 6.07) is 9.06. The highest BCUT2D eigenvalue weighted by atomic mass is 16.5. The fraction of sp³-hybridized carbons (Fsp3) is 0.682. The molecule has 0 saturated carbocycles. The molecule has 0 amide bonds. The van der Waals surface area contributed by atoms with Crippen molar-refractivity contribution in [2.45, 2.75) is 64.5 Å². The molecule has 144 valence electrons. The Labute approximate surface area is 159 Å². The second-order valence-corrected chi connectivity index (χ2v) is 7.94. The van der Waals surface area contributed by atoms with Gasteiger partial charge in [0.25, 0.3) is 0 Å². The standard InChI is InChI=1S/C22H35N3O/c1-18-8-6-15-24(18)16-7-17-26-21-11-9-20(10-12-21)22(23)19(2)25-13-4-3-5-14-25/h9-12,18-19,23H,3-8,13-17H2,1-2H3. The average molecular weight is 358 g/mol. The second-order valence-electron chi connectivity index (χ2n) is 7.94. The first kappa shape index (κ1) is 19.4. The van der Waals surface area contributed by atoms with Crippen molar-refractivity contribution in [2.24, 2.45) is 0 Å². The monoisotopic (exact) mass is 357 g/mol. The number of nitrogens with zero attached hydrogens (tertiary/aromatic N) is 2. The van der Waals surface area contributed by atoms with Crippen LogP contribution >= 0.6 is 0 Å². The van der Waals surface area contributed by atoms with Gasteiger partial charge in [0.1, 0.15) is 5.75 Å². The van der Waals surface area contributed by atoms with Gasteiger partial charge in [-0.1, -0.05) is 6.42 Å².